The molecule has 0 radical (unpaired) electrons. The fraction of sp³-hybridized carbons (Fsp3) is 0.857. The molecule has 1 fully saturated rings. The van der Waals surface area contributed by atoms with Crippen LogP contribution in [0.25, 0.3) is 0 Å². The molecule has 1 saturated carbocycles. The van der Waals surface area contributed by atoms with Gasteiger partial charge in [0.1, 0.15) is 0 Å². The molecule has 0 heterocycles. The van der Waals surface area contributed by atoms with E-state index in [1.807, 2.05) is 0 Å². The van der Waals surface area contributed by atoms with Crippen LogP contribution in [0, 0.1) is 5.92 Å². The molecule has 13 heavy (non-hydrogen) atoms. The maximum atomic E-state index is 10.5. The summed E-state index contributed by atoms with van der Waals surface area (Å²) in [5.74, 6) is -0.745. The topological polar surface area (TPSA) is 46.5 Å². The first-order valence-corrected chi connectivity index (χ1v) is 5.65. The van der Waals surface area contributed by atoms with Gasteiger partial charge in [0.15, 0.2) is 0 Å². The van der Waals surface area contributed by atoms with Gasteiger partial charge < -0.3 is 13.5 Å². The molecule has 1 unspecified atom stereocenters. The molecule has 0 aromatic carbocycles. The molecular formula is C7H15O3PSTl-. The van der Waals surface area contributed by atoms with Crippen molar-refractivity contribution in [1.29, 1.82) is 0 Å². The van der Waals surface area contributed by atoms with Crippen LogP contribution in [0.3, 0.4) is 0 Å². The van der Waals surface area contributed by atoms with Gasteiger partial charge >= 0.3 is 82.5 Å². The van der Waals surface area contributed by atoms with Crippen LogP contribution in [0.1, 0.15) is 25.7 Å². The van der Waals surface area contributed by atoms with Crippen LogP contribution >= 0.6 is 9.90 Å². The van der Waals surface area contributed by atoms with E-state index in [0.29, 0.717) is 32.3 Å². The zero-order chi connectivity index (χ0) is 8.27. The maximum absolute atomic E-state index is 10.5. The summed E-state index contributed by atoms with van der Waals surface area (Å²) < 4.78 is 5.29. The summed E-state index contributed by atoms with van der Waals surface area (Å²) >= 11 is 0.589. The number of carboxylic acids is 1. The minimum Gasteiger partial charge on any atom is -0.813 e. The zero-order valence-electron chi connectivity index (χ0n) is 7.48. The number of hydrogen-bond acceptors (Lipinski definition) is 3. The van der Waals surface area contributed by atoms with Crippen LogP contribution < -0.4 is 0 Å². The molecule has 1 aliphatic rings. The SMILES string of the molecule is O=C(O)C1CCC([O][Tl])CC1.P.[SH-]. The maximum Gasteiger partial charge on any atom is -0.153 e. The second-order valence-electron chi connectivity index (χ2n) is 2.95. The Bertz CT molecular complexity index is 151. The number of carbonyl (C=O) groups is 1. The minimum absolute atomic E-state index is 0. The Kier molecular flexibility index (Phi) is 10.8. The van der Waals surface area contributed by atoms with E-state index >= 15 is 0 Å². The fourth-order valence-corrected chi connectivity index (χ4v) is 2.50. The van der Waals surface area contributed by atoms with E-state index < -0.39 is 5.97 Å². The Morgan fingerprint density at radius 2 is 1.77 bits per heavy atom. The average molecular weight is 415 g/mol. The molecule has 3 nitrogen and oxygen atoms in total. The van der Waals surface area contributed by atoms with Gasteiger partial charge in [-0.1, -0.05) is 0 Å². The standard InChI is InChI=1S/C7H11O3.H3P.H2S.Tl/c8-6-3-1-5(2-4-6)7(9)10;;;/h5-6H,1-4H2,(H,9,10);1H3;1H2;/q-1;;;+1/p-1. The molecule has 0 bridgehead atoms. The van der Waals surface area contributed by atoms with Crippen LogP contribution in [0.5, 0.6) is 0 Å². The van der Waals surface area contributed by atoms with E-state index in [1.54, 1.807) is 0 Å². The minimum atomic E-state index is -0.640. The molecule has 76 valence electrons. The Morgan fingerprint density at radius 3 is 2.08 bits per heavy atom. The van der Waals surface area contributed by atoms with Crippen molar-refractivity contribution in [1.82, 2.24) is 0 Å². The number of rotatable bonds is 2. The van der Waals surface area contributed by atoms with E-state index in [9.17, 15) is 4.79 Å². The molecule has 0 aromatic rings. The first-order chi connectivity index (χ1) is 5.24. The third kappa shape index (κ3) is 5.54. The molecule has 0 aliphatic heterocycles. The van der Waals surface area contributed by atoms with E-state index in [1.165, 1.54) is 0 Å². The smallest absolute Gasteiger partial charge is 0.153 e. The predicted molar refractivity (Wildman–Crippen MR) is 60.1 cm³/mol. The second kappa shape index (κ2) is 8.44. The normalized spacial score (nSPS) is 26.7. The number of aliphatic carboxylic acids is 1. The third-order valence-electron chi connectivity index (χ3n) is 2.22. The molecule has 0 saturated heterocycles. The molecule has 0 aromatic heterocycles. The van der Waals surface area contributed by atoms with Gasteiger partial charge in [0.2, 0.25) is 0 Å². The van der Waals surface area contributed by atoms with Gasteiger partial charge in [-0.05, 0) is 0 Å². The van der Waals surface area contributed by atoms with Gasteiger partial charge in [-0.2, -0.15) is 9.90 Å². The summed E-state index contributed by atoms with van der Waals surface area (Å²) in [6.07, 6.45) is 3.84. The van der Waals surface area contributed by atoms with Gasteiger partial charge in [0.25, 0.3) is 0 Å². The first-order valence-electron chi connectivity index (χ1n) is 3.82. The van der Waals surface area contributed by atoms with Gasteiger partial charge in [0, 0.05) is 0 Å². The van der Waals surface area contributed by atoms with E-state index in [-0.39, 0.29) is 29.3 Å². The number of carboxylic acid groups (broad SMARTS) is 1. The fourth-order valence-electron chi connectivity index (χ4n) is 1.45. The molecule has 0 amide bonds. The van der Waals surface area contributed by atoms with Crippen molar-refractivity contribution in [2.75, 3.05) is 0 Å². The third-order valence-corrected chi connectivity index (χ3v) is 3.71. The summed E-state index contributed by atoms with van der Waals surface area (Å²) in [6, 6.07) is 0. The van der Waals surface area contributed by atoms with Crippen molar-refractivity contribution in [2.24, 2.45) is 5.92 Å². The van der Waals surface area contributed by atoms with Crippen molar-refractivity contribution in [3.05, 3.63) is 0 Å². The van der Waals surface area contributed by atoms with Crippen LogP contribution in [0.15, 0.2) is 0 Å². The van der Waals surface area contributed by atoms with Crippen molar-refractivity contribution in [3.63, 3.8) is 0 Å². The molecular weight excluding hydrogens is 399 g/mol. The predicted octanol–water partition coefficient (Wildman–Crippen LogP) is 0.518. The number of thiol groups is 1. The van der Waals surface area contributed by atoms with Crippen LogP contribution in [-0.4, -0.2) is 43.4 Å². The largest absolute Gasteiger partial charge is 0.813 e. The Labute approximate surface area is 105 Å². The van der Waals surface area contributed by atoms with Crippen molar-refractivity contribution in [2.45, 2.75) is 31.8 Å². The van der Waals surface area contributed by atoms with Crippen molar-refractivity contribution < 1.29 is 12.6 Å². The van der Waals surface area contributed by atoms with Crippen LogP contribution in [0.2, 0.25) is 0 Å². The van der Waals surface area contributed by atoms with Crippen molar-refractivity contribution in [3.8, 4) is 0 Å². The summed E-state index contributed by atoms with van der Waals surface area (Å²) in [5.41, 5.74) is 0. The summed E-state index contributed by atoms with van der Waals surface area (Å²) in [5, 5.41) is 8.67. The van der Waals surface area contributed by atoms with E-state index in [2.05, 4.69) is 0 Å². The van der Waals surface area contributed by atoms with E-state index in [0.717, 1.165) is 25.7 Å². The monoisotopic (exact) mass is 415 g/mol. The number of hydrogen-bond donors (Lipinski definition) is 1. The summed E-state index contributed by atoms with van der Waals surface area (Å²) in [7, 11) is 0. The Balaban J connectivity index is 0. The summed E-state index contributed by atoms with van der Waals surface area (Å²) in [6.45, 7) is 0. The summed E-state index contributed by atoms with van der Waals surface area (Å²) in [4.78, 5) is 10.5. The molecule has 0 spiro atoms. The van der Waals surface area contributed by atoms with Crippen LogP contribution in [-0.2, 0) is 21.0 Å². The average Bonchev–Trinajstić information content (AvgIpc) is 2.05. The van der Waals surface area contributed by atoms with Crippen LogP contribution in [0.4, 0.5) is 0 Å². The quantitative estimate of drug-likeness (QED) is 0.310. The molecule has 6 heteroatoms. The Morgan fingerprint density at radius 1 is 1.31 bits per heavy atom. The molecule has 1 atom stereocenters. The Hall–Kier alpha value is 1.13. The molecule has 1 rings (SSSR count). The van der Waals surface area contributed by atoms with Gasteiger partial charge in [-0.15, -0.1) is 0 Å². The first kappa shape index (κ1) is 16.6. The molecule has 1 N–H and O–H groups in total. The van der Waals surface area contributed by atoms with Gasteiger partial charge in [-0.25, -0.2) is 0 Å². The second-order valence-corrected chi connectivity index (χ2v) is 4.01. The van der Waals surface area contributed by atoms with Gasteiger partial charge in [-0.3, -0.25) is 0 Å². The van der Waals surface area contributed by atoms with Gasteiger partial charge in [0.05, 0.1) is 0 Å². The van der Waals surface area contributed by atoms with Crippen molar-refractivity contribution >= 4 is 55.6 Å². The zero-order valence-corrected chi connectivity index (χ0v) is 14.3. The van der Waals surface area contributed by atoms with E-state index in [4.69, 9.17) is 7.79 Å². The molecule has 1 aliphatic carbocycles.